The van der Waals surface area contributed by atoms with Crippen molar-refractivity contribution in [3.63, 3.8) is 0 Å². The van der Waals surface area contributed by atoms with Crippen LogP contribution in [0.5, 0.6) is 0 Å². The Kier molecular flexibility index (Phi) is 6.90. The minimum atomic E-state index is -0.466. The van der Waals surface area contributed by atoms with E-state index in [1.54, 1.807) is 35.8 Å². The zero-order valence-corrected chi connectivity index (χ0v) is 16.2. The quantitative estimate of drug-likeness (QED) is 0.341. The maximum atomic E-state index is 11.6. The third kappa shape index (κ3) is 5.58. The van der Waals surface area contributed by atoms with Crippen molar-refractivity contribution >= 4 is 28.5 Å². The smallest absolute Gasteiger partial charge is 0.358 e. The molecule has 0 aliphatic rings. The Morgan fingerprint density at radius 2 is 2.07 bits per heavy atom. The zero-order chi connectivity index (χ0) is 19.1. The van der Waals surface area contributed by atoms with Crippen LogP contribution in [0.4, 0.5) is 0 Å². The molecule has 0 fully saturated rings. The first-order valence-electron chi connectivity index (χ1n) is 9.14. The Bertz CT molecular complexity index is 894. The van der Waals surface area contributed by atoms with E-state index in [9.17, 15) is 9.90 Å². The van der Waals surface area contributed by atoms with Crippen LogP contribution in [-0.2, 0) is 11.3 Å². The summed E-state index contributed by atoms with van der Waals surface area (Å²) in [5.74, 6) is 0.519. The SMILES string of the molecule is CCOC(=O)c1cn(CC(O)CCCSc2ccc3ccccc3c2)cn1. The van der Waals surface area contributed by atoms with Crippen molar-refractivity contribution in [1.29, 1.82) is 0 Å². The van der Waals surface area contributed by atoms with Gasteiger partial charge in [0.15, 0.2) is 5.69 Å². The van der Waals surface area contributed by atoms with Gasteiger partial charge in [0.25, 0.3) is 0 Å². The first kappa shape index (κ1) is 19.5. The van der Waals surface area contributed by atoms with Gasteiger partial charge < -0.3 is 14.4 Å². The third-order valence-electron chi connectivity index (χ3n) is 4.21. The van der Waals surface area contributed by atoms with Crippen molar-refractivity contribution in [2.45, 2.75) is 37.3 Å². The van der Waals surface area contributed by atoms with Crippen LogP contribution in [0.15, 0.2) is 59.9 Å². The lowest BCUT2D eigenvalue weighted by atomic mass is 10.1. The number of imidazole rings is 1. The summed E-state index contributed by atoms with van der Waals surface area (Å²) in [6.45, 7) is 2.50. The molecule has 1 aromatic heterocycles. The number of aromatic nitrogens is 2. The van der Waals surface area contributed by atoms with E-state index in [4.69, 9.17) is 4.74 Å². The molecular formula is C21H24N2O3S. The number of fused-ring (bicyclic) bond motifs is 1. The second kappa shape index (κ2) is 9.58. The molecule has 0 spiro atoms. The molecule has 1 N–H and O–H groups in total. The van der Waals surface area contributed by atoms with Crippen molar-refractivity contribution < 1.29 is 14.6 Å². The normalized spacial score (nSPS) is 12.2. The van der Waals surface area contributed by atoms with E-state index in [1.807, 2.05) is 6.07 Å². The summed E-state index contributed by atoms with van der Waals surface area (Å²) in [4.78, 5) is 16.9. The molecule has 0 aliphatic heterocycles. The van der Waals surface area contributed by atoms with Gasteiger partial charge in [0.05, 0.1) is 19.0 Å². The van der Waals surface area contributed by atoms with E-state index in [0.29, 0.717) is 19.6 Å². The number of hydrogen-bond donors (Lipinski definition) is 1. The van der Waals surface area contributed by atoms with Crippen LogP contribution in [0.1, 0.15) is 30.3 Å². The minimum Gasteiger partial charge on any atom is -0.461 e. The molecule has 0 amide bonds. The van der Waals surface area contributed by atoms with Crippen molar-refractivity contribution in [3.8, 4) is 0 Å². The lowest BCUT2D eigenvalue weighted by molar-refractivity contribution is 0.0519. The average molecular weight is 385 g/mol. The minimum absolute atomic E-state index is 0.274. The predicted molar refractivity (Wildman–Crippen MR) is 108 cm³/mol. The van der Waals surface area contributed by atoms with Crippen LogP contribution < -0.4 is 0 Å². The van der Waals surface area contributed by atoms with Crippen molar-refractivity contribution in [1.82, 2.24) is 9.55 Å². The van der Waals surface area contributed by atoms with E-state index in [1.165, 1.54) is 15.7 Å². The summed E-state index contributed by atoms with van der Waals surface area (Å²) in [5.41, 5.74) is 0.274. The van der Waals surface area contributed by atoms with Gasteiger partial charge in [-0.3, -0.25) is 0 Å². The number of thioether (sulfide) groups is 1. The van der Waals surface area contributed by atoms with E-state index in [2.05, 4.69) is 41.4 Å². The van der Waals surface area contributed by atoms with Gasteiger partial charge in [-0.15, -0.1) is 11.8 Å². The van der Waals surface area contributed by atoms with Crippen LogP contribution >= 0.6 is 11.8 Å². The van der Waals surface area contributed by atoms with Gasteiger partial charge in [0.2, 0.25) is 0 Å². The van der Waals surface area contributed by atoms with E-state index in [0.717, 1.165) is 12.2 Å². The van der Waals surface area contributed by atoms with E-state index < -0.39 is 12.1 Å². The molecule has 6 heteroatoms. The molecule has 0 saturated heterocycles. The van der Waals surface area contributed by atoms with Crippen molar-refractivity contribution in [3.05, 3.63) is 60.7 Å². The summed E-state index contributed by atoms with van der Waals surface area (Å²) < 4.78 is 6.64. The molecule has 0 aliphatic carbocycles. The number of carbonyl (C=O) groups is 1. The summed E-state index contributed by atoms with van der Waals surface area (Å²) in [6.07, 6.45) is 4.32. The predicted octanol–water partition coefficient (Wildman–Crippen LogP) is 4.15. The van der Waals surface area contributed by atoms with E-state index in [-0.39, 0.29) is 5.69 Å². The first-order chi connectivity index (χ1) is 13.2. The third-order valence-corrected chi connectivity index (χ3v) is 5.29. The topological polar surface area (TPSA) is 64.3 Å². The molecule has 1 unspecified atom stereocenters. The van der Waals surface area contributed by atoms with Crippen LogP contribution in [0.3, 0.4) is 0 Å². The number of nitrogens with zero attached hydrogens (tertiary/aromatic N) is 2. The van der Waals surface area contributed by atoms with Crippen LogP contribution in [0, 0.1) is 0 Å². The van der Waals surface area contributed by atoms with Crippen LogP contribution in [0.25, 0.3) is 10.8 Å². The average Bonchev–Trinajstić information content (AvgIpc) is 3.14. The number of hydrogen-bond acceptors (Lipinski definition) is 5. The Labute approximate surface area is 163 Å². The molecule has 27 heavy (non-hydrogen) atoms. The second-order valence-electron chi connectivity index (χ2n) is 6.33. The zero-order valence-electron chi connectivity index (χ0n) is 15.4. The molecule has 0 radical (unpaired) electrons. The highest BCUT2D eigenvalue weighted by molar-refractivity contribution is 7.99. The summed E-state index contributed by atoms with van der Waals surface area (Å²) in [5, 5.41) is 12.7. The fourth-order valence-corrected chi connectivity index (χ4v) is 3.79. The maximum Gasteiger partial charge on any atom is 0.358 e. The van der Waals surface area contributed by atoms with Gasteiger partial charge in [-0.05, 0) is 48.4 Å². The molecule has 0 saturated carbocycles. The summed E-state index contributed by atoms with van der Waals surface area (Å²) in [6, 6.07) is 14.8. The molecule has 3 aromatic rings. The van der Waals surface area contributed by atoms with Gasteiger partial charge in [-0.2, -0.15) is 0 Å². The first-order valence-corrected chi connectivity index (χ1v) is 10.1. The Morgan fingerprint density at radius 3 is 2.89 bits per heavy atom. The number of carbonyl (C=O) groups excluding carboxylic acids is 1. The molecular weight excluding hydrogens is 360 g/mol. The maximum absolute atomic E-state index is 11.6. The Morgan fingerprint density at radius 1 is 1.26 bits per heavy atom. The number of rotatable bonds is 9. The number of aliphatic hydroxyl groups is 1. The summed E-state index contributed by atoms with van der Waals surface area (Å²) in [7, 11) is 0. The number of esters is 1. The fraction of sp³-hybridized carbons (Fsp3) is 0.333. The molecule has 5 nitrogen and oxygen atoms in total. The highest BCUT2D eigenvalue weighted by Gasteiger charge is 2.12. The number of aliphatic hydroxyl groups excluding tert-OH is 1. The highest BCUT2D eigenvalue weighted by atomic mass is 32.2. The van der Waals surface area contributed by atoms with Gasteiger partial charge >= 0.3 is 5.97 Å². The monoisotopic (exact) mass is 384 g/mol. The van der Waals surface area contributed by atoms with Gasteiger partial charge in [-0.25, -0.2) is 9.78 Å². The van der Waals surface area contributed by atoms with Gasteiger partial charge in [0.1, 0.15) is 0 Å². The van der Waals surface area contributed by atoms with Crippen molar-refractivity contribution in [2.24, 2.45) is 0 Å². The van der Waals surface area contributed by atoms with Gasteiger partial charge in [0, 0.05) is 17.6 Å². The molecule has 0 bridgehead atoms. The molecule has 1 atom stereocenters. The van der Waals surface area contributed by atoms with Crippen molar-refractivity contribution in [2.75, 3.05) is 12.4 Å². The van der Waals surface area contributed by atoms with Crippen LogP contribution in [0.2, 0.25) is 0 Å². The number of benzene rings is 2. The second-order valence-corrected chi connectivity index (χ2v) is 7.50. The number of ether oxygens (including phenoxy) is 1. The molecule has 3 rings (SSSR count). The summed E-state index contributed by atoms with van der Waals surface area (Å²) >= 11 is 1.81. The largest absolute Gasteiger partial charge is 0.461 e. The standard InChI is InChI=1S/C21H24N2O3S/c1-2-26-21(25)20-14-23(15-22-20)13-18(24)8-5-11-27-19-10-9-16-6-3-4-7-17(16)12-19/h3-4,6-7,9-10,12,14-15,18,24H,2,5,8,11,13H2,1H3. The van der Waals surface area contributed by atoms with Crippen LogP contribution in [-0.4, -0.2) is 39.1 Å². The lowest BCUT2D eigenvalue weighted by Crippen LogP contribution is -2.15. The molecule has 142 valence electrons. The Hall–Kier alpha value is -2.31. The fourth-order valence-electron chi connectivity index (χ4n) is 2.87. The highest BCUT2D eigenvalue weighted by Crippen LogP contribution is 2.24. The Balaban J connectivity index is 1.41. The van der Waals surface area contributed by atoms with E-state index >= 15 is 0 Å². The molecule has 1 heterocycles. The molecule has 2 aromatic carbocycles. The lowest BCUT2D eigenvalue weighted by Gasteiger charge is -2.11. The van der Waals surface area contributed by atoms with Gasteiger partial charge in [-0.1, -0.05) is 30.3 Å².